The van der Waals surface area contributed by atoms with Crippen molar-refractivity contribution in [1.29, 1.82) is 0 Å². The van der Waals surface area contributed by atoms with Crippen LogP contribution in [-0.2, 0) is 24.2 Å². The van der Waals surface area contributed by atoms with Gasteiger partial charge in [0.25, 0.3) is 5.56 Å². The lowest BCUT2D eigenvalue weighted by atomic mass is 10.2. The number of anilines is 1. The van der Waals surface area contributed by atoms with Crippen molar-refractivity contribution < 1.29 is 4.79 Å². The highest BCUT2D eigenvalue weighted by atomic mass is 16.2. The first kappa shape index (κ1) is 17.3. The molecule has 0 radical (unpaired) electrons. The van der Waals surface area contributed by atoms with Crippen molar-refractivity contribution in [1.82, 2.24) is 24.8 Å². The Labute approximate surface area is 165 Å². The number of aromatic nitrogens is 5. The number of aryl methyl sites for hydroxylation is 1. The monoisotopic (exact) mass is 386 g/mol. The largest absolute Gasteiger partial charge is 0.309 e. The Kier molecular flexibility index (Phi) is 4.16. The third kappa shape index (κ3) is 3.08. The number of benzene rings is 2. The predicted molar refractivity (Wildman–Crippen MR) is 108 cm³/mol. The first-order valence-corrected chi connectivity index (χ1v) is 9.49. The minimum atomic E-state index is -0.344. The Morgan fingerprint density at radius 3 is 2.69 bits per heavy atom. The molecule has 5 rings (SSSR count). The molecule has 1 N–H and O–H groups in total. The van der Waals surface area contributed by atoms with E-state index in [1.54, 1.807) is 28.9 Å². The van der Waals surface area contributed by atoms with Gasteiger partial charge in [-0.15, -0.1) is 5.10 Å². The van der Waals surface area contributed by atoms with Crippen LogP contribution >= 0.6 is 0 Å². The molecule has 8 heteroatoms. The van der Waals surface area contributed by atoms with Crippen LogP contribution in [0.15, 0.2) is 59.4 Å². The van der Waals surface area contributed by atoms with Gasteiger partial charge in [-0.2, -0.15) is 5.10 Å². The average molecular weight is 386 g/mol. The molecule has 29 heavy (non-hydrogen) atoms. The highest BCUT2D eigenvalue weighted by Crippen LogP contribution is 2.30. The van der Waals surface area contributed by atoms with Crippen LogP contribution in [0.4, 0.5) is 5.82 Å². The van der Waals surface area contributed by atoms with Gasteiger partial charge in [0, 0.05) is 5.56 Å². The highest BCUT2D eigenvalue weighted by Gasteiger charge is 2.24. The summed E-state index contributed by atoms with van der Waals surface area (Å²) in [5.74, 6) is 0.318. The van der Waals surface area contributed by atoms with E-state index in [9.17, 15) is 9.59 Å². The predicted octanol–water partition coefficient (Wildman–Crippen LogP) is 2.10. The molecule has 1 amide bonds. The normalized spacial score (nSPS) is 12.8. The van der Waals surface area contributed by atoms with Crippen LogP contribution in [-0.4, -0.2) is 30.7 Å². The summed E-state index contributed by atoms with van der Waals surface area (Å²) >= 11 is 0. The molecule has 0 unspecified atom stereocenters. The van der Waals surface area contributed by atoms with Crippen LogP contribution < -0.4 is 10.9 Å². The quantitative estimate of drug-likeness (QED) is 0.580. The van der Waals surface area contributed by atoms with Crippen LogP contribution in [0, 0.1) is 0 Å². The summed E-state index contributed by atoms with van der Waals surface area (Å²) in [5.41, 5.74) is 3.10. The summed E-state index contributed by atoms with van der Waals surface area (Å²) in [4.78, 5) is 25.4. The number of hydrogen-bond donors (Lipinski definition) is 1. The van der Waals surface area contributed by atoms with Gasteiger partial charge in [0.05, 0.1) is 16.8 Å². The second-order valence-corrected chi connectivity index (χ2v) is 6.99. The minimum Gasteiger partial charge on any atom is -0.309 e. The van der Waals surface area contributed by atoms with E-state index in [0.29, 0.717) is 16.7 Å². The molecule has 2 aromatic heterocycles. The van der Waals surface area contributed by atoms with Gasteiger partial charge in [-0.05, 0) is 43.5 Å². The van der Waals surface area contributed by atoms with Crippen LogP contribution in [0.5, 0.6) is 0 Å². The lowest BCUT2D eigenvalue weighted by Gasteiger charge is -2.11. The van der Waals surface area contributed by atoms with Gasteiger partial charge in [0.2, 0.25) is 5.91 Å². The molecule has 1 aliphatic rings. The molecule has 144 valence electrons. The van der Waals surface area contributed by atoms with Gasteiger partial charge in [-0.3, -0.25) is 9.59 Å². The van der Waals surface area contributed by atoms with E-state index in [0.717, 1.165) is 40.9 Å². The van der Waals surface area contributed by atoms with Crippen molar-refractivity contribution in [2.45, 2.75) is 25.8 Å². The van der Waals surface area contributed by atoms with Crippen molar-refractivity contribution >= 4 is 22.6 Å². The molecule has 0 bridgehead atoms. The summed E-state index contributed by atoms with van der Waals surface area (Å²) in [5, 5.41) is 16.0. The SMILES string of the molecule is O=C(Cn1nnc2ccccc2c1=O)Nc1c2c(nn1-c1ccccc1)CCC2. The first-order chi connectivity index (χ1) is 14.2. The summed E-state index contributed by atoms with van der Waals surface area (Å²) in [6, 6.07) is 16.6. The van der Waals surface area contributed by atoms with Gasteiger partial charge in [-0.25, -0.2) is 9.36 Å². The molecule has 0 saturated heterocycles. The van der Waals surface area contributed by atoms with E-state index < -0.39 is 0 Å². The molecule has 2 aromatic carbocycles. The number of amides is 1. The molecule has 0 spiro atoms. The summed E-state index contributed by atoms with van der Waals surface area (Å²) in [7, 11) is 0. The lowest BCUT2D eigenvalue weighted by molar-refractivity contribution is -0.117. The fourth-order valence-corrected chi connectivity index (χ4v) is 3.71. The number of fused-ring (bicyclic) bond motifs is 2. The van der Waals surface area contributed by atoms with Crippen LogP contribution in [0.3, 0.4) is 0 Å². The van der Waals surface area contributed by atoms with E-state index in [1.807, 2.05) is 30.3 Å². The van der Waals surface area contributed by atoms with Gasteiger partial charge in [-0.1, -0.05) is 35.5 Å². The van der Waals surface area contributed by atoms with Gasteiger partial charge < -0.3 is 5.32 Å². The van der Waals surface area contributed by atoms with Crippen molar-refractivity contribution in [3.05, 3.63) is 76.2 Å². The molecule has 0 atom stereocenters. The summed E-state index contributed by atoms with van der Waals surface area (Å²) in [6.45, 7) is -0.217. The van der Waals surface area contributed by atoms with Crippen molar-refractivity contribution in [3.63, 3.8) is 0 Å². The van der Waals surface area contributed by atoms with E-state index in [2.05, 4.69) is 20.7 Å². The molecule has 2 heterocycles. The van der Waals surface area contributed by atoms with Crippen LogP contribution in [0.2, 0.25) is 0 Å². The van der Waals surface area contributed by atoms with Crippen LogP contribution in [0.25, 0.3) is 16.6 Å². The molecular formula is C21H18N6O2. The van der Waals surface area contributed by atoms with Gasteiger partial charge in [0.1, 0.15) is 17.9 Å². The molecule has 4 aromatic rings. The Bertz CT molecular complexity index is 1280. The van der Waals surface area contributed by atoms with Crippen LogP contribution in [0.1, 0.15) is 17.7 Å². The Morgan fingerprint density at radius 2 is 1.83 bits per heavy atom. The fraction of sp³-hybridized carbons (Fsp3) is 0.190. The second kappa shape index (κ2) is 6.97. The zero-order valence-corrected chi connectivity index (χ0v) is 15.6. The first-order valence-electron chi connectivity index (χ1n) is 9.49. The number of nitrogens with one attached hydrogen (secondary N) is 1. The smallest absolute Gasteiger partial charge is 0.278 e. The standard InChI is InChI=1S/C21H18N6O2/c28-19(13-26-21(29)16-9-4-5-11-17(16)23-25-26)22-20-15-10-6-12-18(15)24-27(20)14-7-2-1-3-8-14/h1-5,7-9,11H,6,10,12-13H2,(H,22,28). The third-order valence-electron chi connectivity index (χ3n) is 5.09. The number of para-hydroxylation sites is 1. The lowest BCUT2D eigenvalue weighted by Crippen LogP contribution is -2.31. The Balaban J connectivity index is 1.46. The molecular weight excluding hydrogens is 368 g/mol. The zero-order valence-electron chi connectivity index (χ0n) is 15.6. The molecule has 0 fully saturated rings. The zero-order chi connectivity index (χ0) is 19.8. The van der Waals surface area contributed by atoms with E-state index in [-0.39, 0.29) is 18.0 Å². The Hall–Kier alpha value is -3.81. The van der Waals surface area contributed by atoms with E-state index in [4.69, 9.17) is 0 Å². The number of hydrogen-bond acceptors (Lipinski definition) is 5. The fourth-order valence-electron chi connectivity index (χ4n) is 3.71. The maximum absolute atomic E-state index is 12.8. The molecule has 1 aliphatic carbocycles. The van der Waals surface area contributed by atoms with Crippen molar-refractivity contribution in [3.8, 4) is 5.69 Å². The summed E-state index contributed by atoms with van der Waals surface area (Å²) in [6.07, 6.45) is 2.78. The van der Waals surface area contributed by atoms with E-state index in [1.165, 1.54) is 0 Å². The van der Waals surface area contributed by atoms with Crippen molar-refractivity contribution in [2.75, 3.05) is 5.32 Å². The number of nitrogens with zero attached hydrogens (tertiary/aromatic N) is 5. The number of rotatable bonds is 4. The summed E-state index contributed by atoms with van der Waals surface area (Å²) < 4.78 is 2.84. The number of carbonyl (C=O) groups excluding carboxylic acids is 1. The molecule has 0 saturated carbocycles. The topological polar surface area (TPSA) is 94.7 Å². The van der Waals surface area contributed by atoms with Gasteiger partial charge in [0.15, 0.2) is 0 Å². The molecule has 8 nitrogen and oxygen atoms in total. The highest BCUT2D eigenvalue weighted by molar-refractivity contribution is 5.91. The average Bonchev–Trinajstić information content (AvgIpc) is 3.34. The Morgan fingerprint density at radius 1 is 1.03 bits per heavy atom. The minimum absolute atomic E-state index is 0.217. The number of carbonyl (C=O) groups is 1. The van der Waals surface area contributed by atoms with Gasteiger partial charge >= 0.3 is 0 Å². The maximum Gasteiger partial charge on any atom is 0.278 e. The molecule has 0 aliphatic heterocycles. The second-order valence-electron chi connectivity index (χ2n) is 6.99. The van der Waals surface area contributed by atoms with E-state index >= 15 is 0 Å². The van der Waals surface area contributed by atoms with Crippen molar-refractivity contribution in [2.24, 2.45) is 0 Å². The third-order valence-corrected chi connectivity index (χ3v) is 5.09. The maximum atomic E-state index is 12.8.